The van der Waals surface area contributed by atoms with Gasteiger partial charge in [-0.2, -0.15) is 10.5 Å². The second kappa shape index (κ2) is 4.92. The van der Waals surface area contributed by atoms with Gasteiger partial charge in [-0.3, -0.25) is 4.79 Å². The number of phenols is 1. The molecular formula is C10H4Cl2N2O3. The van der Waals surface area contributed by atoms with E-state index < -0.39 is 17.3 Å². The van der Waals surface area contributed by atoms with Crippen LogP contribution in [-0.2, 0) is 4.79 Å². The Morgan fingerprint density at radius 2 is 1.76 bits per heavy atom. The number of hydrogen-bond acceptors (Lipinski definition) is 5. The maximum absolute atomic E-state index is 10.9. The second-order valence-electron chi connectivity index (χ2n) is 2.87. The van der Waals surface area contributed by atoms with Crippen LogP contribution in [0, 0.1) is 22.7 Å². The molecule has 0 radical (unpaired) electrons. The van der Waals surface area contributed by atoms with E-state index >= 15 is 0 Å². The van der Waals surface area contributed by atoms with Crippen LogP contribution in [0.1, 0.15) is 18.1 Å². The highest BCUT2D eigenvalue weighted by atomic mass is 35.5. The Hall–Kier alpha value is -1.95. The average Bonchev–Trinajstić information content (AvgIpc) is 2.29. The molecule has 0 saturated heterocycles. The summed E-state index contributed by atoms with van der Waals surface area (Å²) in [5.74, 6) is -1.68. The Morgan fingerprint density at radius 1 is 1.24 bits per heavy atom. The van der Waals surface area contributed by atoms with Crippen molar-refractivity contribution >= 4 is 29.2 Å². The van der Waals surface area contributed by atoms with Crippen LogP contribution in [0.4, 0.5) is 0 Å². The standard InChI is InChI=1S/C10H4Cl2N2O3/c1-4(15)17-10-6(3-14)5(2-13)9(16)7(11)8(10)12/h16H,1H3. The molecule has 0 fully saturated rings. The van der Waals surface area contributed by atoms with E-state index in [1.165, 1.54) is 0 Å². The molecule has 5 nitrogen and oxygen atoms in total. The fourth-order valence-electron chi connectivity index (χ4n) is 1.11. The number of phenolic OH excluding ortho intramolecular Hbond substituents is 1. The molecule has 0 atom stereocenters. The minimum absolute atomic E-state index is 0.296. The van der Waals surface area contributed by atoms with Gasteiger partial charge in [0.1, 0.15) is 33.3 Å². The molecule has 1 aromatic rings. The van der Waals surface area contributed by atoms with E-state index in [-0.39, 0.29) is 21.4 Å². The second-order valence-corrected chi connectivity index (χ2v) is 3.63. The van der Waals surface area contributed by atoms with Crippen LogP contribution in [-0.4, -0.2) is 11.1 Å². The molecule has 0 aliphatic carbocycles. The summed E-state index contributed by atoms with van der Waals surface area (Å²) in [5, 5.41) is 26.6. The van der Waals surface area contributed by atoms with Gasteiger partial charge in [0.15, 0.2) is 11.5 Å². The first kappa shape index (κ1) is 13.1. The van der Waals surface area contributed by atoms with Crippen LogP contribution in [0.15, 0.2) is 0 Å². The van der Waals surface area contributed by atoms with Gasteiger partial charge >= 0.3 is 5.97 Å². The molecule has 0 heterocycles. The number of carbonyl (C=O) groups excluding carboxylic acids is 1. The molecule has 1 N–H and O–H groups in total. The number of nitriles is 2. The molecule has 0 unspecified atom stereocenters. The highest BCUT2D eigenvalue weighted by Crippen LogP contribution is 2.44. The van der Waals surface area contributed by atoms with Crippen molar-refractivity contribution in [3.05, 3.63) is 21.2 Å². The molecule has 0 amide bonds. The quantitative estimate of drug-likeness (QED) is 0.625. The minimum Gasteiger partial charge on any atom is -0.505 e. The predicted molar refractivity (Wildman–Crippen MR) is 58.9 cm³/mol. The van der Waals surface area contributed by atoms with Crippen molar-refractivity contribution in [1.29, 1.82) is 10.5 Å². The molecule has 7 heteroatoms. The number of ether oxygens (including phenoxy) is 1. The lowest BCUT2D eigenvalue weighted by atomic mass is 10.1. The largest absolute Gasteiger partial charge is 0.505 e. The van der Waals surface area contributed by atoms with Gasteiger partial charge < -0.3 is 9.84 Å². The van der Waals surface area contributed by atoms with E-state index in [1.54, 1.807) is 12.1 Å². The Labute approximate surface area is 106 Å². The van der Waals surface area contributed by atoms with Gasteiger partial charge in [0.05, 0.1) is 0 Å². The summed E-state index contributed by atoms with van der Waals surface area (Å²) in [6, 6.07) is 3.22. The van der Waals surface area contributed by atoms with E-state index in [0.717, 1.165) is 6.92 Å². The van der Waals surface area contributed by atoms with Crippen LogP contribution in [0.3, 0.4) is 0 Å². The molecule has 86 valence electrons. The van der Waals surface area contributed by atoms with Gasteiger partial charge in [-0.25, -0.2) is 0 Å². The monoisotopic (exact) mass is 270 g/mol. The summed E-state index contributed by atoms with van der Waals surface area (Å²) in [7, 11) is 0. The van der Waals surface area contributed by atoms with Crippen molar-refractivity contribution in [2.24, 2.45) is 0 Å². The Bertz CT molecular complexity index is 585. The number of carbonyl (C=O) groups is 1. The van der Waals surface area contributed by atoms with Gasteiger partial charge in [-0.05, 0) is 0 Å². The fourth-order valence-corrected chi connectivity index (χ4v) is 1.51. The number of hydrogen-bond donors (Lipinski definition) is 1. The number of halogens is 2. The molecule has 17 heavy (non-hydrogen) atoms. The lowest BCUT2D eigenvalue weighted by molar-refractivity contribution is -0.131. The van der Waals surface area contributed by atoms with E-state index in [9.17, 15) is 9.90 Å². The molecule has 1 aromatic carbocycles. The van der Waals surface area contributed by atoms with Crippen LogP contribution >= 0.6 is 23.2 Å². The van der Waals surface area contributed by atoms with E-state index in [0.29, 0.717) is 0 Å². The lowest BCUT2D eigenvalue weighted by Gasteiger charge is -2.10. The molecule has 0 spiro atoms. The van der Waals surface area contributed by atoms with Gasteiger partial charge in [0, 0.05) is 6.92 Å². The number of rotatable bonds is 1. The van der Waals surface area contributed by atoms with Crippen LogP contribution < -0.4 is 4.74 Å². The zero-order chi connectivity index (χ0) is 13.2. The Kier molecular flexibility index (Phi) is 3.80. The maximum Gasteiger partial charge on any atom is 0.308 e. The topological polar surface area (TPSA) is 94.1 Å². The zero-order valence-corrected chi connectivity index (χ0v) is 9.93. The van der Waals surface area contributed by atoms with Gasteiger partial charge in [0.2, 0.25) is 0 Å². The number of esters is 1. The summed E-state index contributed by atoms with van der Waals surface area (Å²) < 4.78 is 4.71. The molecule has 0 aliphatic heterocycles. The van der Waals surface area contributed by atoms with Crippen LogP contribution in [0.5, 0.6) is 11.5 Å². The van der Waals surface area contributed by atoms with Crippen molar-refractivity contribution in [3.8, 4) is 23.6 Å². The first-order valence-corrected chi connectivity index (χ1v) is 4.92. The molecule has 0 bridgehead atoms. The molecule has 0 saturated carbocycles. The molecule has 0 aromatic heterocycles. The van der Waals surface area contributed by atoms with Crippen molar-refractivity contribution in [1.82, 2.24) is 0 Å². The summed E-state index contributed by atoms with van der Waals surface area (Å²) in [6.07, 6.45) is 0. The van der Waals surface area contributed by atoms with Crippen molar-refractivity contribution in [3.63, 3.8) is 0 Å². The van der Waals surface area contributed by atoms with Crippen molar-refractivity contribution in [2.45, 2.75) is 6.92 Å². The van der Waals surface area contributed by atoms with Gasteiger partial charge in [0.25, 0.3) is 0 Å². The SMILES string of the molecule is CC(=O)Oc1c(Cl)c(Cl)c(O)c(C#N)c1C#N. The summed E-state index contributed by atoms with van der Waals surface area (Å²) in [6.45, 7) is 1.10. The third kappa shape index (κ3) is 2.26. The fraction of sp³-hybridized carbons (Fsp3) is 0.100. The van der Waals surface area contributed by atoms with Crippen LogP contribution in [0.2, 0.25) is 10.0 Å². The summed E-state index contributed by atoms with van der Waals surface area (Å²) >= 11 is 11.4. The van der Waals surface area contributed by atoms with E-state index in [4.69, 9.17) is 38.5 Å². The van der Waals surface area contributed by atoms with Gasteiger partial charge in [-0.15, -0.1) is 0 Å². The van der Waals surface area contributed by atoms with E-state index in [2.05, 4.69) is 0 Å². The maximum atomic E-state index is 10.9. The molecule has 0 aliphatic rings. The third-order valence-electron chi connectivity index (χ3n) is 1.78. The highest BCUT2D eigenvalue weighted by molar-refractivity contribution is 6.44. The first-order chi connectivity index (χ1) is 7.93. The van der Waals surface area contributed by atoms with Crippen molar-refractivity contribution in [2.75, 3.05) is 0 Å². The number of aromatic hydroxyl groups is 1. The third-order valence-corrected chi connectivity index (χ3v) is 2.61. The lowest BCUT2D eigenvalue weighted by Crippen LogP contribution is -2.05. The first-order valence-electron chi connectivity index (χ1n) is 4.16. The van der Waals surface area contributed by atoms with Crippen LogP contribution in [0.25, 0.3) is 0 Å². The van der Waals surface area contributed by atoms with E-state index in [1.807, 2.05) is 0 Å². The Balaban J connectivity index is 3.71. The summed E-state index contributed by atoms with van der Waals surface area (Å²) in [4.78, 5) is 10.9. The highest BCUT2D eigenvalue weighted by Gasteiger charge is 2.24. The Morgan fingerprint density at radius 3 is 2.18 bits per heavy atom. The predicted octanol–water partition coefficient (Wildman–Crippen LogP) is 2.37. The average molecular weight is 271 g/mol. The van der Waals surface area contributed by atoms with Crippen molar-refractivity contribution < 1.29 is 14.6 Å². The smallest absolute Gasteiger partial charge is 0.308 e. The molecular weight excluding hydrogens is 267 g/mol. The number of nitrogens with zero attached hydrogens (tertiary/aromatic N) is 2. The normalized spacial score (nSPS) is 9.24. The van der Waals surface area contributed by atoms with Gasteiger partial charge in [-0.1, -0.05) is 23.2 Å². The molecule has 1 rings (SSSR count). The number of benzene rings is 1. The minimum atomic E-state index is -0.728. The zero-order valence-electron chi connectivity index (χ0n) is 8.41. The summed E-state index contributed by atoms with van der Waals surface area (Å²) in [5.41, 5.74) is -0.729.